The van der Waals surface area contributed by atoms with E-state index in [0.29, 0.717) is 12.1 Å². The minimum atomic E-state index is -0.314. The average Bonchev–Trinajstić information content (AvgIpc) is 2.65. The first-order valence-electron chi connectivity index (χ1n) is 9.65. The maximum atomic E-state index is 13.5. The van der Waals surface area contributed by atoms with Gasteiger partial charge in [0.15, 0.2) is 0 Å². The summed E-state index contributed by atoms with van der Waals surface area (Å²) >= 11 is 0. The van der Waals surface area contributed by atoms with Crippen LogP contribution < -0.4 is 10.6 Å². The summed E-state index contributed by atoms with van der Waals surface area (Å²) < 4.78 is 13.5. The number of halogens is 1. The SMILES string of the molecule is CN(C)C(CNC(=O)CNC(=O)c1ccc(C(C)(C)C)cc1)c1cccc(F)c1. The Hall–Kier alpha value is -2.73. The molecule has 0 aromatic heterocycles. The van der Waals surface area contributed by atoms with Crippen molar-refractivity contribution < 1.29 is 14.0 Å². The summed E-state index contributed by atoms with van der Waals surface area (Å²) in [4.78, 5) is 26.4. The standard InChI is InChI=1S/C23H30FN3O2/c1-23(2,3)18-11-9-16(10-12-18)22(29)26-15-21(28)25-14-20(27(4)5)17-7-6-8-19(24)13-17/h6-13,20H,14-15H2,1-5H3,(H,25,28)(H,26,29). The summed E-state index contributed by atoms with van der Waals surface area (Å²) in [5.74, 6) is -0.909. The van der Waals surface area contributed by atoms with Crippen molar-refractivity contribution in [2.75, 3.05) is 27.2 Å². The van der Waals surface area contributed by atoms with Crippen molar-refractivity contribution in [3.63, 3.8) is 0 Å². The number of hydrogen-bond acceptors (Lipinski definition) is 3. The van der Waals surface area contributed by atoms with Crippen molar-refractivity contribution in [3.8, 4) is 0 Å². The van der Waals surface area contributed by atoms with E-state index in [1.54, 1.807) is 18.2 Å². The highest BCUT2D eigenvalue weighted by atomic mass is 19.1. The maximum absolute atomic E-state index is 13.5. The molecule has 0 aliphatic carbocycles. The number of likely N-dealkylation sites (N-methyl/N-ethyl adjacent to an activating group) is 1. The Balaban J connectivity index is 1.87. The van der Waals surface area contributed by atoms with Crippen LogP contribution >= 0.6 is 0 Å². The zero-order valence-electron chi connectivity index (χ0n) is 17.8. The first kappa shape index (κ1) is 22.6. The number of nitrogens with zero attached hydrogens (tertiary/aromatic N) is 1. The average molecular weight is 400 g/mol. The Morgan fingerprint density at radius 1 is 1.03 bits per heavy atom. The van der Waals surface area contributed by atoms with E-state index in [2.05, 4.69) is 31.4 Å². The molecule has 0 radical (unpaired) electrons. The van der Waals surface area contributed by atoms with E-state index in [4.69, 9.17) is 0 Å². The molecule has 1 unspecified atom stereocenters. The summed E-state index contributed by atoms with van der Waals surface area (Å²) in [7, 11) is 3.73. The molecule has 0 saturated heterocycles. The van der Waals surface area contributed by atoms with Crippen molar-refractivity contribution in [1.82, 2.24) is 15.5 Å². The van der Waals surface area contributed by atoms with Gasteiger partial charge in [0.05, 0.1) is 12.6 Å². The van der Waals surface area contributed by atoms with Crippen LogP contribution in [0.4, 0.5) is 4.39 Å². The molecule has 0 aliphatic rings. The van der Waals surface area contributed by atoms with Gasteiger partial charge >= 0.3 is 0 Å². The molecule has 2 aromatic carbocycles. The lowest BCUT2D eigenvalue weighted by atomic mass is 9.87. The quantitative estimate of drug-likeness (QED) is 0.751. The van der Waals surface area contributed by atoms with E-state index in [0.717, 1.165) is 11.1 Å². The molecule has 0 aliphatic heterocycles. The normalized spacial score (nSPS) is 12.5. The van der Waals surface area contributed by atoms with Gasteiger partial charge in [-0.25, -0.2) is 4.39 Å². The van der Waals surface area contributed by atoms with Gasteiger partial charge in [-0.2, -0.15) is 0 Å². The molecule has 0 heterocycles. The van der Waals surface area contributed by atoms with Crippen LogP contribution in [0.2, 0.25) is 0 Å². The van der Waals surface area contributed by atoms with E-state index < -0.39 is 0 Å². The molecule has 0 saturated carbocycles. The predicted octanol–water partition coefficient (Wildman–Crippen LogP) is 3.27. The lowest BCUT2D eigenvalue weighted by molar-refractivity contribution is -0.120. The van der Waals surface area contributed by atoms with Crippen molar-refractivity contribution in [2.24, 2.45) is 0 Å². The van der Waals surface area contributed by atoms with Crippen LogP contribution in [0.25, 0.3) is 0 Å². The molecule has 156 valence electrons. The van der Waals surface area contributed by atoms with Crippen LogP contribution in [0.15, 0.2) is 48.5 Å². The van der Waals surface area contributed by atoms with Crippen molar-refractivity contribution in [2.45, 2.75) is 32.2 Å². The summed E-state index contributed by atoms with van der Waals surface area (Å²) in [6, 6.07) is 13.5. The highest BCUT2D eigenvalue weighted by molar-refractivity contribution is 5.96. The fourth-order valence-corrected chi connectivity index (χ4v) is 2.97. The fourth-order valence-electron chi connectivity index (χ4n) is 2.97. The Labute approximate surface area is 172 Å². The number of carbonyl (C=O) groups excluding carboxylic acids is 2. The molecule has 1 atom stereocenters. The largest absolute Gasteiger partial charge is 0.353 e. The Kier molecular flexibility index (Phi) is 7.51. The van der Waals surface area contributed by atoms with E-state index in [9.17, 15) is 14.0 Å². The second-order valence-corrected chi connectivity index (χ2v) is 8.35. The van der Waals surface area contributed by atoms with Crippen LogP contribution in [0.3, 0.4) is 0 Å². The van der Waals surface area contributed by atoms with Crippen LogP contribution in [0.5, 0.6) is 0 Å². The molecule has 2 aromatic rings. The topological polar surface area (TPSA) is 61.4 Å². The highest BCUT2D eigenvalue weighted by Gasteiger charge is 2.17. The lowest BCUT2D eigenvalue weighted by Crippen LogP contribution is -2.40. The second-order valence-electron chi connectivity index (χ2n) is 8.35. The van der Waals surface area contributed by atoms with Gasteiger partial charge in [-0.1, -0.05) is 45.0 Å². The van der Waals surface area contributed by atoms with Crippen LogP contribution in [0, 0.1) is 5.82 Å². The molecule has 2 amide bonds. The van der Waals surface area contributed by atoms with Gasteiger partial charge in [0.1, 0.15) is 5.82 Å². The Morgan fingerprint density at radius 3 is 2.24 bits per heavy atom. The number of hydrogen-bond donors (Lipinski definition) is 2. The highest BCUT2D eigenvalue weighted by Crippen LogP contribution is 2.22. The third kappa shape index (κ3) is 6.68. The van der Waals surface area contributed by atoms with Gasteiger partial charge in [0, 0.05) is 12.1 Å². The van der Waals surface area contributed by atoms with Crippen molar-refractivity contribution >= 4 is 11.8 Å². The number of amides is 2. The first-order chi connectivity index (χ1) is 13.6. The Bertz CT molecular complexity index is 842. The Morgan fingerprint density at radius 2 is 1.69 bits per heavy atom. The van der Waals surface area contributed by atoms with Gasteiger partial charge in [-0.05, 0) is 54.9 Å². The van der Waals surface area contributed by atoms with Gasteiger partial charge in [-0.3, -0.25) is 9.59 Å². The van der Waals surface area contributed by atoms with Crippen molar-refractivity contribution in [1.29, 1.82) is 0 Å². The molecular formula is C23H30FN3O2. The smallest absolute Gasteiger partial charge is 0.251 e. The van der Waals surface area contributed by atoms with Gasteiger partial charge in [0.2, 0.25) is 5.91 Å². The van der Waals surface area contributed by atoms with Crippen LogP contribution in [-0.2, 0) is 10.2 Å². The van der Waals surface area contributed by atoms with E-state index in [1.807, 2.05) is 37.2 Å². The fraction of sp³-hybridized carbons (Fsp3) is 0.391. The molecule has 6 heteroatoms. The molecule has 0 fully saturated rings. The zero-order chi connectivity index (χ0) is 21.6. The summed E-state index contributed by atoms with van der Waals surface area (Å²) in [6.07, 6.45) is 0. The molecule has 2 N–H and O–H groups in total. The number of benzene rings is 2. The van der Waals surface area contributed by atoms with Gasteiger partial charge in [0.25, 0.3) is 5.91 Å². The lowest BCUT2D eigenvalue weighted by Gasteiger charge is -2.25. The van der Waals surface area contributed by atoms with Gasteiger partial charge < -0.3 is 15.5 Å². The number of rotatable bonds is 7. The second kappa shape index (κ2) is 9.65. The maximum Gasteiger partial charge on any atom is 0.251 e. The van der Waals surface area contributed by atoms with Crippen molar-refractivity contribution in [3.05, 3.63) is 71.0 Å². The van der Waals surface area contributed by atoms with Crippen LogP contribution in [-0.4, -0.2) is 43.9 Å². The molecule has 29 heavy (non-hydrogen) atoms. The number of nitrogens with one attached hydrogen (secondary N) is 2. The summed E-state index contributed by atoms with van der Waals surface area (Å²) in [5, 5.41) is 5.43. The van der Waals surface area contributed by atoms with Gasteiger partial charge in [-0.15, -0.1) is 0 Å². The first-order valence-corrected chi connectivity index (χ1v) is 9.65. The van der Waals surface area contributed by atoms with E-state index in [1.165, 1.54) is 12.1 Å². The van der Waals surface area contributed by atoms with E-state index >= 15 is 0 Å². The van der Waals surface area contributed by atoms with E-state index in [-0.39, 0.29) is 35.6 Å². The molecule has 5 nitrogen and oxygen atoms in total. The zero-order valence-corrected chi connectivity index (χ0v) is 17.8. The minimum absolute atomic E-state index is 0.0134. The number of carbonyl (C=O) groups is 2. The predicted molar refractivity (Wildman–Crippen MR) is 113 cm³/mol. The third-order valence-corrected chi connectivity index (χ3v) is 4.77. The minimum Gasteiger partial charge on any atom is -0.353 e. The monoisotopic (exact) mass is 399 g/mol. The summed E-state index contributed by atoms with van der Waals surface area (Å²) in [5.41, 5.74) is 2.44. The molecular weight excluding hydrogens is 369 g/mol. The third-order valence-electron chi connectivity index (χ3n) is 4.77. The summed E-state index contributed by atoms with van der Waals surface area (Å²) in [6.45, 7) is 6.51. The molecule has 0 bridgehead atoms. The molecule has 0 spiro atoms. The van der Waals surface area contributed by atoms with Crippen LogP contribution in [0.1, 0.15) is 48.3 Å². The molecule has 2 rings (SSSR count).